The predicted octanol–water partition coefficient (Wildman–Crippen LogP) is 1.92. The number of aromatic nitrogens is 1. The first-order valence-corrected chi connectivity index (χ1v) is 6.14. The maximum absolute atomic E-state index is 13.3. The van der Waals surface area contributed by atoms with Gasteiger partial charge in [-0.2, -0.15) is 0 Å². The molecule has 2 N–H and O–H groups in total. The molecule has 2 rings (SSSR count). The highest BCUT2D eigenvalue weighted by molar-refractivity contribution is 5.90. The van der Waals surface area contributed by atoms with Crippen molar-refractivity contribution in [3.05, 3.63) is 35.3 Å². The van der Waals surface area contributed by atoms with Gasteiger partial charge in [0.25, 0.3) is 0 Å². The highest BCUT2D eigenvalue weighted by Gasteiger charge is 2.12. The Kier molecular flexibility index (Phi) is 4.16. The molecule has 19 heavy (non-hydrogen) atoms. The molecule has 0 unspecified atom stereocenters. The highest BCUT2D eigenvalue weighted by Crippen LogP contribution is 2.23. The van der Waals surface area contributed by atoms with Crippen molar-refractivity contribution in [2.45, 2.75) is 13.3 Å². The number of carbonyl (C=O) groups excluding carboxylic acids is 1. The Morgan fingerprint density at radius 3 is 3.00 bits per heavy atom. The van der Waals surface area contributed by atoms with E-state index in [9.17, 15) is 9.18 Å². The topological polar surface area (TPSA) is 54.1 Å². The summed E-state index contributed by atoms with van der Waals surface area (Å²) in [4.78, 5) is 14.9. The van der Waals surface area contributed by atoms with Crippen LogP contribution in [0, 0.1) is 12.7 Å². The van der Waals surface area contributed by atoms with E-state index >= 15 is 0 Å². The van der Waals surface area contributed by atoms with E-state index in [1.54, 1.807) is 13.2 Å². The number of aryl methyl sites for hydroxylation is 1. The third-order valence-corrected chi connectivity index (χ3v) is 3.05. The molecule has 0 aliphatic rings. The number of nitrogens with one attached hydrogen (secondary N) is 2. The first kappa shape index (κ1) is 13.5. The van der Waals surface area contributed by atoms with Crippen LogP contribution >= 0.6 is 0 Å². The molecule has 0 atom stereocenters. The molecule has 0 fully saturated rings. The average Bonchev–Trinajstić information content (AvgIpc) is 2.66. The fourth-order valence-electron chi connectivity index (χ4n) is 2.10. The second-order valence-electron chi connectivity index (χ2n) is 4.44. The number of rotatable bonds is 5. The number of methoxy groups -OCH3 is 1. The average molecular weight is 264 g/mol. The van der Waals surface area contributed by atoms with Crippen molar-refractivity contribution >= 4 is 16.8 Å². The molecule has 1 aromatic carbocycles. The van der Waals surface area contributed by atoms with Crippen molar-refractivity contribution in [3.63, 3.8) is 0 Å². The zero-order chi connectivity index (χ0) is 13.8. The van der Waals surface area contributed by atoms with Gasteiger partial charge in [0, 0.05) is 30.3 Å². The Balaban J connectivity index is 2.17. The second-order valence-corrected chi connectivity index (χ2v) is 4.44. The number of amides is 1. The number of hydrogen-bond acceptors (Lipinski definition) is 2. The standard InChI is InChI=1S/C14H17FN2O2/c1-9-11(8-14(18)16-5-6-19-2)12-7-10(15)3-4-13(12)17-9/h3-4,7,17H,5-6,8H2,1-2H3,(H,16,18). The molecule has 0 saturated heterocycles. The van der Waals surface area contributed by atoms with Crippen LogP contribution in [0.2, 0.25) is 0 Å². The van der Waals surface area contributed by atoms with Gasteiger partial charge in [0.2, 0.25) is 5.91 Å². The molecule has 0 aliphatic carbocycles. The summed E-state index contributed by atoms with van der Waals surface area (Å²) in [7, 11) is 1.58. The fraction of sp³-hybridized carbons (Fsp3) is 0.357. The molecule has 0 saturated carbocycles. The molecular formula is C14H17FN2O2. The lowest BCUT2D eigenvalue weighted by atomic mass is 10.1. The van der Waals surface area contributed by atoms with Crippen LogP contribution < -0.4 is 5.32 Å². The Morgan fingerprint density at radius 1 is 1.47 bits per heavy atom. The molecule has 1 heterocycles. The second kappa shape index (κ2) is 5.84. The Morgan fingerprint density at radius 2 is 2.26 bits per heavy atom. The molecule has 1 amide bonds. The van der Waals surface area contributed by atoms with E-state index in [2.05, 4.69) is 10.3 Å². The van der Waals surface area contributed by atoms with Gasteiger partial charge in [0.1, 0.15) is 5.82 Å². The molecule has 1 aromatic heterocycles. The number of fused-ring (bicyclic) bond motifs is 1. The van der Waals surface area contributed by atoms with Gasteiger partial charge in [-0.3, -0.25) is 4.79 Å². The minimum Gasteiger partial charge on any atom is -0.383 e. The predicted molar refractivity (Wildman–Crippen MR) is 71.6 cm³/mol. The summed E-state index contributed by atoms with van der Waals surface area (Å²) in [6, 6.07) is 4.54. The van der Waals surface area contributed by atoms with E-state index in [1.165, 1.54) is 12.1 Å². The van der Waals surface area contributed by atoms with Crippen molar-refractivity contribution in [2.24, 2.45) is 0 Å². The van der Waals surface area contributed by atoms with Crippen molar-refractivity contribution in [1.82, 2.24) is 10.3 Å². The van der Waals surface area contributed by atoms with Crippen LogP contribution in [0.15, 0.2) is 18.2 Å². The summed E-state index contributed by atoms with van der Waals surface area (Å²) < 4.78 is 18.1. The number of carbonyl (C=O) groups is 1. The van der Waals surface area contributed by atoms with Crippen LogP contribution in [0.1, 0.15) is 11.3 Å². The zero-order valence-corrected chi connectivity index (χ0v) is 11.0. The lowest BCUT2D eigenvalue weighted by Crippen LogP contribution is -2.28. The fourth-order valence-corrected chi connectivity index (χ4v) is 2.10. The Hall–Kier alpha value is -1.88. The number of aromatic amines is 1. The molecular weight excluding hydrogens is 247 g/mol. The minimum absolute atomic E-state index is 0.0923. The molecule has 4 nitrogen and oxygen atoms in total. The number of hydrogen-bond donors (Lipinski definition) is 2. The van der Waals surface area contributed by atoms with Crippen molar-refractivity contribution in [3.8, 4) is 0 Å². The molecule has 2 aromatic rings. The number of ether oxygens (including phenoxy) is 1. The molecule has 102 valence electrons. The van der Waals surface area contributed by atoms with Gasteiger partial charge in [-0.15, -0.1) is 0 Å². The van der Waals surface area contributed by atoms with E-state index < -0.39 is 0 Å². The quantitative estimate of drug-likeness (QED) is 0.811. The lowest BCUT2D eigenvalue weighted by Gasteiger charge is -2.04. The Bertz CT molecular complexity index is 592. The smallest absolute Gasteiger partial charge is 0.224 e. The van der Waals surface area contributed by atoms with E-state index in [0.29, 0.717) is 13.2 Å². The van der Waals surface area contributed by atoms with Gasteiger partial charge in [-0.25, -0.2) is 4.39 Å². The van der Waals surface area contributed by atoms with Crippen LogP contribution in [0.3, 0.4) is 0 Å². The summed E-state index contributed by atoms with van der Waals surface area (Å²) in [6.45, 7) is 2.84. The first-order chi connectivity index (χ1) is 9.11. The van der Waals surface area contributed by atoms with Gasteiger partial charge in [-0.1, -0.05) is 0 Å². The van der Waals surface area contributed by atoms with Crippen LogP contribution in [-0.2, 0) is 16.0 Å². The van der Waals surface area contributed by atoms with E-state index in [0.717, 1.165) is 22.2 Å². The van der Waals surface area contributed by atoms with E-state index in [1.807, 2.05) is 6.92 Å². The minimum atomic E-state index is -0.299. The number of halogens is 1. The molecule has 0 radical (unpaired) electrons. The maximum Gasteiger partial charge on any atom is 0.224 e. The molecule has 0 spiro atoms. The van der Waals surface area contributed by atoms with Gasteiger partial charge >= 0.3 is 0 Å². The van der Waals surface area contributed by atoms with E-state index in [-0.39, 0.29) is 18.1 Å². The van der Waals surface area contributed by atoms with Crippen LogP contribution in [0.4, 0.5) is 4.39 Å². The SMILES string of the molecule is COCCNC(=O)Cc1c(C)[nH]c2ccc(F)cc12. The van der Waals surface area contributed by atoms with Crippen molar-refractivity contribution in [1.29, 1.82) is 0 Å². The third-order valence-electron chi connectivity index (χ3n) is 3.05. The van der Waals surface area contributed by atoms with Crippen molar-refractivity contribution < 1.29 is 13.9 Å². The normalized spacial score (nSPS) is 10.9. The molecule has 0 aliphatic heterocycles. The number of H-pyrrole nitrogens is 1. The largest absolute Gasteiger partial charge is 0.383 e. The van der Waals surface area contributed by atoms with Crippen LogP contribution in [0.25, 0.3) is 10.9 Å². The summed E-state index contributed by atoms with van der Waals surface area (Å²) in [6.07, 6.45) is 0.235. The van der Waals surface area contributed by atoms with Gasteiger partial charge in [0.15, 0.2) is 0 Å². The van der Waals surface area contributed by atoms with Gasteiger partial charge < -0.3 is 15.0 Å². The summed E-state index contributed by atoms with van der Waals surface area (Å²) in [5.41, 5.74) is 2.57. The lowest BCUT2D eigenvalue weighted by molar-refractivity contribution is -0.120. The Labute approximate surface area is 111 Å². The first-order valence-electron chi connectivity index (χ1n) is 6.14. The molecule has 5 heteroatoms. The zero-order valence-electron chi connectivity index (χ0n) is 11.0. The monoisotopic (exact) mass is 264 g/mol. The van der Waals surface area contributed by atoms with Gasteiger partial charge in [0.05, 0.1) is 13.0 Å². The maximum atomic E-state index is 13.3. The number of benzene rings is 1. The van der Waals surface area contributed by atoms with Crippen LogP contribution in [-0.4, -0.2) is 31.2 Å². The summed E-state index contributed by atoms with van der Waals surface area (Å²) in [5.74, 6) is -0.391. The molecule has 0 bridgehead atoms. The van der Waals surface area contributed by atoms with Crippen molar-refractivity contribution in [2.75, 3.05) is 20.3 Å². The van der Waals surface area contributed by atoms with Gasteiger partial charge in [-0.05, 0) is 30.7 Å². The third kappa shape index (κ3) is 3.12. The van der Waals surface area contributed by atoms with Crippen LogP contribution in [0.5, 0.6) is 0 Å². The highest BCUT2D eigenvalue weighted by atomic mass is 19.1. The summed E-state index contributed by atoms with van der Waals surface area (Å²) >= 11 is 0. The summed E-state index contributed by atoms with van der Waals surface area (Å²) in [5, 5.41) is 3.52. The van der Waals surface area contributed by atoms with E-state index in [4.69, 9.17) is 4.74 Å².